The molecule has 1 aliphatic carbocycles. The second kappa shape index (κ2) is 7.37. The standard InChI is InChI=1S/C21H23N5O7S/c1-9-15(24-10-3-5-11(6-4-10)34(23,30)31)18(28)14-12(8-33-20(22)29)21(32-2)19-13(25-19)7-26(21)16(14)17(9)27/h3-6,12-13,19,24-25H,7-8H2,1-2H3,(H2,22,29)(H2,23,30,31). The number of nitrogens with zero attached hydrogens (tertiary/aromatic N) is 1. The average molecular weight is 490 g/mol. The largest absolute Gasteiger partial charge is 0.449 e. The Hall–Kier alpha value is -3.26. The van der Waals surface area contributed by atoms with E-state index in [1.54, 1.807) is 11.8 Å². The molecular weight excluding hydrogens is 466 g/mol. The van der Waals surface area contributed by atoms with Crippen molar-refractivity contribution in [2.45, 2.75) is 29.6 Å². The van der Waals surface area contributed by atoms with Crippen LogP contribution in [0.4, 0.5) is 10.5 Å². The molecule has 3 heterocycles. The van der Waals surface area contributed by atoms with Crippen LogP contribution in [-0.4, -0.2) is 69.0 Å². The van der Waals surface area contributed by atoms with Crippen LogP contribution in [0, 0.1) is 5.92 Å². The number of benzene rings is 1. The summed E-state index contributed by atoms with van der Waals surface area (Å²) in [6.07, 6.45) is -1.00. The molecule has 34 heavy (non-hydrogen) atoms. The maximum atomic E-state index is 13.7. The first kappa shape index (κ1) is 22.5. The number of nitrogens with two attached hydrogens (primary N) is 2. The van der Waals surface area contributed by atoms with Crippen molar-refractivity contribution < 1.29 is 32.3 Å². The van der Waals surface area contributed by atoms with Crippen molar-refractivity contribution in [3.05, 3.63) is 46.8 Å². The number of hydrogen-bond acceptors (Lipinski definition) is 10. The van der Waals surface area contributed by atoms with Gasteiger partial charge < -0.3 is 30.7 Å². The van der Waals surface area contributed by atoms with Gasteiger partial charge in [0.15, 0.2) is 5.72 Å². The lowest BCUT2D eigenvalue weighted by molar-refractivity contribution is -0.137. The van der Waals surface area contributed by atoms with Crippen LogP contribution in [0.3, 0.4) is 0 Å². The number of ether oxygens (including phenoxy) is 2. The topological polar surface area (TPSA) is 193 Å². The molecule has 4 unspecified atom stereocenters. The Balaban J connectivity index is 1.52. The van der Waals surface area contributed by atoms with Gasteiger partial charge in [-0.1, -0.05) is 0 Å². The van der Waals surface area contributed by atoms with Crippen molar-refractivity contribution in [1.29, 1.82) is 0 Å². The van der Waals surface area contributed by atoms with Crippen LogP contribution in [0.25, 0.3) is 0 Å². The first-order valence-electron chi connectivity index (χ1n) is 10.5. The maximum Gasteiger partial charge on any atom is 0.404 e. The molecule has 5 rings (SSSR count). The van der Waals surface area contributed by atoms with Gasteiger partial charge in [-0.3, -0.25) is 9.59 Å². The third-order valence-corrected chi connectivity index (χ3v) is 7.81. The Bertz CT molecular complexity index is 1300. The van der Waals surface area contributed by atoms with Gasteiger partial charge in [0.05, 0.1) is 28.2 Å². The third-order valence-electron chi connectivity index (χ3n) is 6.88. The maximum absolute atomic E-state index is 13.7. The minimum atomic E-state index is -3.88. The number of primary sulfonamides is 1. The number of carbonyl (C=O) groups excluding carboxylic acids is 3. The van der Waals surface area contributed by atoms with Crippen LogP contribution in [-0.2, 0) is 29.1 Å². The first-order chi connectivity index (χ1) is 16.0. The van der Waals surface area contributed by atoms with Crippen molar-refractivity contribution in [3.63, 3.8) is 0 Å². The number of allylic oxidation sites excluding steroid dienone is 2. The van der Waals surface area contributed by atoms with E-state index >= 15 is 0 Å². The van der Waals surface area contributed by atoms with E-state index in [9.17, 15) is 22.8 Å². The number of carbonyl (C=O) groups is 3. The number of methoxy groups -OCH3 is 1. The minimum Gasteiger partial charge on any atom is -0.449 e. The first-order valence-corrected chi connectivity index (χ1v) is 12.0. The molecule has 0 spiro atoms. The molecule has 1 amide bonds. The number of ketones is 2. The number of hydrogen-bond donors (Lipinski definition) is 4. The van der Waals surface area contributed by atoms with E-state index in [4.69, 9.17) is 20.3 Å². The van der Waals surface area contributed by atoms with Crippen LogP contribution in [0.15, 0.2) is 51.7 Å². The van der Waals surface area contributed by atoms with E-state index < -0.39 is 33.5 Å². The highest BCUT2D eigenvalue weighted by atomic mass is 32.2. The lowest BCUT2D eigenvalue weighted by Crippen LogP contribution is -2.55. The number of nitrogens with one attached hydrogen (secondary N) is 2. The van der Waals surface area contributed by atoms with Crippen LogP contribution in [0.2, 0.25) is 0 Å². The molecule has 12 nitrogen and oxygen atoms in total. The summed E-state index contributed by atoms with van der Waals surface area (Å²) in [5, 5.41) is 11.4. The summed E-state index contributed by atoms with van der Waals surface area (Å²) in [6.45, 7) is 1.77. The second-order valence-electron chi connectivity index (χ2n) is 8.61. The zero-order valence-electron chi connectivity index (χ0n) is 18.3. The molecule has 13 heteroatoms. The predicted octanol–water partition coefficient (Wildman–Crippen LogP) is -0.850. The highest BCUT2D eigenvalue weighted by molar-refractivity contribution is 7.89. The fraction of sp³-hybridized carbons (Fsp3) is 0.381. The summed E-state index contributed by atoms with van der Waals surface area (Å²) in [6, 6.07) is 5.42. The number of rotatable bonds is 6. The molecule has 2 saturated heterocycles. The van der Waals surface area contributed by atoms with Gasteiger partial charge in [0.25, 0.3) is 0 Å². The van der Waals surface area contributed by atoms with Gasteiger partial charge in [-0.05, 0) is 31.2 Å². The van der Waals surface area contributed by atoms with Crippen molar-refractivity contribution in [3.8, 4) is 0 Å². The third kappa shape index (κ3) is 3.08. The van der Waals surface area contributed by atoms with Crippen molar-refractivity contribution in [1.82, 2.24) is 10.2 Å². The number of Topliss-reactive ketones (excluding diaryl/α,β-unsaturated/α-hetero) is 2. The number of piperazine rings is 1. The van der Waals surface area contributed by atoms with Gasteiger partial charge in [0.1, 0.15) is 6.61 Å². The summed E-state index contributed by atoms with van der Waals surface area (Å²) in [4.78, 5) is 40.3. The van der Waals surface area contributed by atoms with Crippen LogP contribution < -0.4 is 21.5 Å². The minimum absolute atomic E-state index is 0.0453. The number of fused-ring (bicyclic) bond motifs is 4. The Morgan fingerprint density at radius 2 is 1.94 bits per heavy atom. The normalized spacial score (nSPS) is 29.7. The molecule has 4 atom stereocenters. The second-order valence-corrected chi connectivity index (χ2v) is 10.2. The number of amides is 1. The van der Waals surface area contributed by atoms with E-state index in [-0.39, 0.29) is 51.9 Å². The average Bonchev–Trinajstić information content (AvgIpc) is 3.39. The van der Waals surface area contributed by atoms with Gasteiger partial charge in [0, 0.05) is 36.5 Å². The highest BCUT2D eigenvalue weighted by Crippen LogP contribution is 2.55. The highest BCUT2D eigenvalue weighted by Gasteiger charge is 2.72. The summed E-state index contributed by atoms with van der Waals surface area (Å²) in [5.41, 5.74) is 5.19. The van der Waals surface area contributed by atoms with Crippen molar-refractivity contribution in [2.24, 2.45) is 16.8 Å². The number of primary amides is 1. The Morgan fingerprint density at radius 3 is 2.53 bits per heavy atom. The van der Waals surface area contributed by atoms with E-state index in [1.165, 1.54) is 31.4 Å². The number of sulfonamides is 1. The van der Waals surface area contributed by atoms with Gasteiger partial charge in [-0.2, -0.15) is 0 Å². The van der Waals surface area contributed by atoms with Gasteiger partial charge in [-0.25, -0.2) is 18.4 Å². The molecule has 1 aromatic carbocycles. The fourth-order valence-corrected chi connectivity index (χ4v) is 5.83. The molecule has 0 bridgehead atoms. The smallest absolute Gasteiger partial charge is 0.404 e. The molecule has 6 N–H and O–H groups in total. The van der Waals surface area contributed by atoms with Crippen LogP contribution in [0.1, 0.15) is 6.92 Å². The molecule has 1 aromatic rings. The summed E-state index contributed by atoms with van der Waals surface area (Å²) in [5.74, 6) is -1.54. The van der Waals surface area contributed by atoms with E-state index in [0.717, 1.165) is 0 Å². The van der Waals surface area contributed by atoms with E-state index in [1.807, 2.05) is 0 Å². The monoisotopic (exact) mass is 489 g/mol. The van der Waals surface area contributed by atoms with Crippen molar-refractivity contribution >= 4 is 33.4 Å². The van der Waals surface area contributed by atoms with Gasteiger partial charge in [-0.15, -0.1) is 0 Å². The predicted molar refractivity (Wildman–Crippen MR) is 117 cm³/mol. The Kier molecular flexibility index (Phi) is 4.88. The zero-order valence-corrected chi connectivity index (χ0v) is 19.1. The molecule has 4 aliphatic rings. The number of anilines is 1. The summed E-state index contributed by atoms with van der Waals surface area (Å²) in [7, 11) is -2.39. The fourth-order valence-electron chi connectivity index (χ4n) is 5.31. The lowest BCUT2D eigenvalue weighted by Gasteiger charge is -2.39. The van der Waals surface area contributed by atoms with Crippen LogP contribution >= 0.6 is 0 Å². The molecular formula is C21H23N5O7S. The van der Waals surface area contributed by atoms with E-state index in [2.05, 4.69) is 10.6 Å². The molecule has 180 valence electrons. The molecule has 0 radical (unpaired) electrons. The van der Waals surface area contributed by atoms with E-state index in [0.29, 0.717) is 12.2 Å². The van der Waals surface area contributed by atoms with Gasteiger partial charge in [0.2, 0.25) is 21.6 Å². The zero-order chi connectivity index (χ0) is 24.6. The Morgan fingerprint density at radius 1 is 1.26 bits per heavy atom. The quantitative estimate of drug-likeness (QED) is 0.289. The summed E-state index contributed by atoms with van der Waals surface area (Å²) >= 11 is 0. The molecule has 3 aliphatic heterocycles. The van der Waals surface area contributed by atoms with Gasteiger partial charge >= 0.3 is 6.09 Å². The van der Waals surface area contributed by atoms with Crippen LogP contribution in [0.5, 0.6) is 0 Å². The lowest BCUT2D eigenvalue weighted by atomic mass is 9.82. The SMILES string of the molecule is COC12C(COC(N)=O)C3=C(C(=O)C(C)=C(Nc4ccc(S(N)(=O)=O)cc4)C3=O)N1CC1NC12. The summed E-state index contributed by atoms with van der Waals surface area (Å²) < 4.78 is 34.0. The Labute approximate surface area is 195 Å². The molecule has 0 aromatic heterocycles. The molecule has 0 saturated carbocycles. The molecule has 2 fully saturated rings. The van der Waals surface area contributed by atoms with Crippen molar-refractivity contribution in [2.75, 3.05) is 25.6 Å².